The summed E-state index contributed by atoms with van der Waals surface area (Å²) in [4.78, 5) is 16.7. The third kappa shape index (κ3) is 3.95. The molecule has 0 bridgehead atoms. The molecule has 1 amide bonds. The zero-order valence-corrected chi connectivity index (χ0v) is 13.9. The van der Waals surface area contributed by atoms with Crippen molar-refractivity contribution < 1.29 is 4.79 Å². The van der Waals surface area contributed by atoms with Crippen LogP contribution in [0.5, 0.6) is 0 Å². The fourth-order valence-electron chi connectivity index (χ4n) is 3.65. The third-order valence-corrected chi connectivity index (χ3v) is 5.32. The summed E-state index contributed by atoms with van der Waals surface area (Å²) in [7, 11) is 0. The lowest BCUT2D eigenvalue weighted by Gasteiger charge is -2.36. The molecule has 0 spiro atoms. The summed E-state index contributed by atoms with van der Waals surface area (Å²) in [5, 5.41) is 0.768. The Morgan fingerprint density at radius 2 is 1.68 bits per heavy atom. The normalized spacial score (nSPS) is 19.7. The average molecular weight is 321 g/mol. The fourth-order valence-corrected chi connectivity index (χ4v) is 3.78. The summed E-state index contributed by atoms with van der Waals surface area (Å²) in [6.07, 6.45) is 7.22. The number of carbonyl (C=O) groups excluding carboxylic acids is 1. The van der Waals surface area contributed by atoms with Crippen molar-refractivity contribution >= 4 is 23.2 Å². The molecule has 1 aromatic rings. The standard InChI is InChI=1S/C18H25ClN2O/c19-16-6-8-17(9-7-16)20-11-13-21(14-12-20)18(22)10-5-15-3-1-2-4-15/h6-9,15H,1-5,10-14H2. The quantitative estimate of drug-likeness (QED) is 0.838. The van der Waals surface area contributed by atoms with Gasteiger partial charge in [0.2, 0.25) is 5.91 Å². The van der Waals surface area contributed by atoms with Crippen molar-refractivity contribution in [2.24, 2.45) is 5.92 Å². The van der Waals surface area contributed by atoms with Crippen molar-refractivity contribution in [3.8, 4) is 0 Å². The molecule has 3 rings (SSSR count). The van der Waals surface area contributed by atoms with E-state index in [1.54, 1.807) is 0 Å². The Morgan fingerprint density at radius 1 is 1.05 bits per heavy atom. The maximum absolute atomic E-state index is 12.3. The molecule has 1 aliphatic carbocycles. The molecule has 1 saturated heterocycles. The lowest BCUT2D eigenvalue weighted by Crippen LogP contribution is -2.48. The minimum absolute atomic E-state index is 0.350. The van der Waals surface area contributed by atoms with Crippen LogP contribution in [0.1, 0.15) is 38.5 Å². The maximum atomic E-state index is 12.3. The molecule has 1 aliphatic heterocycles. The summed E-state index contributed by atoms with van der Waals surface area (Å²) in [6.45, 7) is 3.51. The van der Waals surface area contributed by atoms with E-state index in [4.69, 9.17) is 11.6 Å². The first-order chi connectivity index (χ1) is 10.7. The Balaban J connectivity index is 1.44. The van der Waals surface area contributed by atoms with Gasteiger partial charge in [0.25, 0.3) is 0 Å². The second-order valence-corrected chi connectivity index (χ2v) is 6.97. The van der Waals surface area contributed by atoms with Gasteiger partial charge in [-0.15, -0.1) is 0 Å². The van der Waals surface area contributed by atoms with Crippen LogP contribution in [0.2, 0.25) is 5.02 Å². The van der Waals surface area contributed by atoms with Gasteiger partial charge in [0.1, 0.15) is 0 Å². The van der Waals surface area contributed by atoms with E-state index in [0.29, 0.717) is 5.91 Å². The molecule has 2 fully saturated rings. The second kappa shape index (κ2) is 7.36. The number of nitrogens with zero attached hydrogens (tertiary/aromatic N) is 2. The number of benzene rings is 1. The van der Waals surface area contributed by atoms with Gasteiger partial charge in [0.15, 0.2) is 0 Å². The highest BCUT2D eigenvalue weighted by Gasteiger charge is 2.23. The van der Waals surface area contributed by atoms with Gasteiger partial charge in [-0.05, 0) is 36.6 Å². The molecular weight excluding hydrogens is 296 g/mol. The number of halogens is 1. The van der Waals surface area contributed by atoms with Crippen molar-refractivity contribution in [1.29, 1.82) is 0 Å². The SMILES string of the molecule is O=C(CCC1CCCC1)N1CCN(c2ccc(Cl)cc2)CC1. The molecule has 1 saturated carbocycles. The Bertz CT molecular complexity index is 488. The summed E-state index contributed by atoms with van der Waals surface area (Å²) in [5.41, 5.74) is 1.20. The third-order valence-electron chi connectivity index (χ3n) is 5.07. The molecule has 0 aromatic heterocycles. The van der Waals surface area contributed by atoms with Gasteiger partial charge < -0.3 is 9.80 Å². The van der Waals surface area contributed by atoms with E-state index >= 15 is 0 Å². The summed E-state index contributed by atoms with van der Waals surface area (Å²) < 4.78 is 0. The van der Waals surface area contributed by atoms with Crippen molar-refractivity contribution in [3.63, 3.8) is 0 Å². The van der Waals surface area contributed by atoms with Crippen LogP contribution in [-0.4, -0.2) is 37.0 Å². The summed E-state index contributed by atoms with van der Waals surface area (Å²) in [5.74, 6) is 1.15. The number of rotatable bonds is 4. The minimum Gasteiger partial charge on any atom is -0.368 e. The maximum Gasteiger partial charge on any atom is 0.222 e. The fraction of sp³-hybridized carbons (Fsp3) is 0.611. The lowest BCUT2D eigenvalue weighted by atomic mass is 10.0. The predicted molar refractivity (Wildman–Crippen MR) is 91.4 cm³/mol. The van der Waals surface area contributed by atoms with E-state index in [0.717, 1.165) is 50.0 Å². The Hall–Kier alpha value is -1.22. The molecule has 120 valence electrons. The summed E-state index contributed by atoms with van der Waals surface area (Å²) in [6, 6.07) is 7.96. The topological polar surface area (TPSA) is 23.6 Å². The lowest BCUT2D eigenvalue weighted by molar-refractivity contribution is -0.131. The van der Waals surface area contributed by atoms with Gasteiger partial charge in [0, 0.05) is 43.3 Å². The predicted octanol–water partition coefficient (Wildman–Crippen LogP) is 3.96. The number of hydrogen-bond acceptors (Lipinski definition) is 2. The van der Waals surface area contributed by atoms with Crippen molar-refractivity contribution in [2.75, 3.05) is 31.1 Å². The molecule has 22 heavy (non-hydrogen) atoms. The molecule has 1 aromatic carbocycles. The van der Waals surface area contributed by atoms with Crippen LogP contribution >= 0.6 is 11.6 Å². The van der Waals surface area contributed by atoms with Crippen molar-refractivity contribution in [2.45, 2.75) is 38.5 Å². The summed E-state index contributed by atoms with van der Waals surface area (Å²) >= 11 is 5.93. The molecule has 0 radical (unpaired) electrons. The van der Waals surface area contributed by atoms with Gasteiger partial charge >= 0.3 is 0 Å². The first-order valence-corrected chi connectivity index (χ1v) is 8.88. The highest BCUT2D eigenvalue weighted by Crippen LogP contribution is 2.29. The van der Waals surface area contributed by atoms with Crippen LogP contribution in [0, 0.1) is 5.92 Å². The molecule has 0 N–H and O–H groups in total. The van der Waals surface area contributed by atoms with Gasteiger partial charge in [0.05, 0.1) is 0 Å². The van der Waals surface area contributed by atoms with Gasteiger partial charge in [-0.2, -0.15) is 0 Å². The minimum atomic E-state index is 0.350. The van der Waals surface area contributed by atoms with E-state index < -0.39 is 0 Å². The molecule has 2 aliphatic rings. The van der Waals surface area contributed by atoms with Crippen LogP contribution in [-0.2, 0) is 4.79 Å². The molecule has 4 heteroatoms. The molecule has 0 atom stereocenters. The first kappa shape index (κ1) is 15.7. The largest absolute Gasteiger partial charge is 0.368 e. The number of hydrogen-bond donors (Lipinski definition) is 0. The number of carbonyl (C=O) groups is 1. The van der Waals surface area contributed by atoms with E-state index in [9.17, 15) is 4.79 Å². The molecule has 0 unspecified atom stereocenters. The van der Waals surface area contributed by atoms with Crippen LogP contribution in [0.3, 0.4) is 0 Å². The second-order valence-electron chi connectivity index (χ2n) is 6.53. The van der Waals surface area contributed by atoms with Crippen LogP contribution in [0.25, 0.3) is 0 Å². The zero-order chi connectivity index (χ0) is 15.4. The Kier molecular flexibility index (Phi) is 5.24. The molecule has 1 heterocycles. The van der Waals surface area contributed by atoms with Crippen molar-refractivity contribution in [3.05, 3.63) is 29.3 Å². The highest BCUT2D eigenvalue weighted by molar-refractivity contribution is 6.30. The van der Waals surface area contributed by atoms with E-state index in [1.165, 1.54) is 31.4 Å². The Labute approximate surface area is 138 Å². The van der Waals surface area contributed by atoms with E-state index in [2.05, 4.69) is 17.0 Å². The monoisotopic (exact) mass is 320 g/mol. The van der Waals surface area contributed by atoms with Crippen LogP contribution in [0.4, 0.5) is 5.69 Å². The van der Waals surface area contributed by atoms with E-state index in [-0.39, 0.29) is 0 Å². The van der Waals surface area contributed by atoms with Crippen molar-refractivity contribution in [1.82, 2.24) is 4.90 Å². The average Bonchev–Trinajstić information content (AvgIpc) is 3.07. The number of piperazine rings is 1. The van der Waals surface area contributed by atoms with Gasteiger partial charge in [-0.3, -0.25) is 4.79 Å². The van der Waals surface area contributed by atoms with Gasteiger partial charge in [-0.25, -0.2) is 0 Å². The van der Waals surface area contributed by atoms with Crippen LogP contribution < -0.4 is 4.90 Å². The van der Waals surface area contributed by atoms with Gasteiger partial charge in [-0.1, -0.05) is 37.3 Å². The smallest absolute Gasteiger partial charge is 0.222 e. The first-order valence-electron chi connectivity index (χ1n) is 8.50. The van der Waals surface area contributed by atoms with E-state index in [1.807, 2.05) is 17.0 Å². The Morgan fingerprint density at radius 3 is 2.32 bits per heavy atom. The molecule has 3 nitrogen and oxygen atoms in total. The highest BCUT2D eigenvalue weighted by atomic mass is 35.5. The van der Waals surface area contributed by atoms with Crippen LogP contribution in [0.15, 0.2) is 24.3 Å². The molecular formula is C18H25ClN2O. The number of anilines is 1. The number of amides is 1. The zero-order valence-electron chi connectivity index (χ0n) is 13.1.